The maximum absolute atomic E-state index is 11.8. The summed E-state index contributed by atoms with van der Waals surface area (Å²) in [5.41, 5.74) is 4.11. The highest BCUT2D eigenvalue weighted by molar-refractivity contribution is 7.07. The molecule has 122 valence electrons. The van der Waals surface area contributed by atoms with E-state index in [1.807, 2.05) is 5.38 Å². The van der Waals surface area contributed by atoms with Crippen molar-refractivity contribution in [2.24, 2.45) is 12.1 Å². The Morgan fingerprint density at radius 2 is 2.08 bits per heavy atom. The molecule has 1 N–H and O–H groups in total. The van der Waals surface area contributed by atoms with Crippen molar-refractivity contribution in [2.45, 2.75) is 0 Å². The fraction of sp³-hybridized carbons (Fsp3) is 0.0667. The number of nitrogens with zero attached hydrogens (tertiary/aromatic N) is 3. The van der Waals surface area contributed by atoms with E-state index in [9.17, 15) is 14.9 Å². The first-order valence-corrected chi connectivity index (χ1v) is 7.71. The summed E-state index contributed by atoms with van der Waals surface area (Å²) in [5, 5.41) is 16.6. The number of non-ortho nitro benzene ring substituents is 1. The number of hydrogen-bond acceptors (Lipinski definition) is 6. The number of benzene rings is 1. The van der Waals surface area contributed by atoms with Crippen LogP contribution in [0.4, 0.5) is 5.69 Å². The molecule has 3 rings (SSSR count). The third kappa shape index (κ3) is 3.10. The van der Waals surface area contributed by atoms with Gasteiger partial charge in [-0.05, 0) is 29.8 Å². The zero-order valence-electron chi connectivity index (χ0n) is 12.5. The van der Waals surface area contributed by atoms with Crippen LogP contribution >= 0.6 is 11.3 Å². The lowest BCUT2D eigenvalue weighted by molar-refractivity contribution is -0.384. The number of carbonyl (C=O) groups excluding carboxylic acids is 1. The lowest BCUT2D eigenvalue weighted by atomic mass is 10.1. The molecule has 0 aliphatic carbocycles. The van der Waals surface area contributed by atoms with E-state index >= 15 is 0 Å². The Morgan fingerprint density at radius 3 is 2.71 bits per heavy atom. The van der Waals surface area contributed by atoms with Gasteiger partial charge in [-0.15, -0.1) is 16.4 Å². The van der Waals surface area contributed by atoms with Crippen LogP contribution in [-0.2, 0) is 7.05 Å². The summed E-state index contributed by atoms with van der Waals surface area (Å²) in [6, 6.07) is 9.40. The van der Waals surface area contributed by atoms with Gasteiger partial charge in [0, 0.05) is 24.6 Å². The first-order valence-electron chi connectivity index (χ1n) is 6.83. The summed E-state index contributed by atoms with van der Waals surface area (Å²) in [6.07, 6.45) is 1.41. The molecule has 0 spiro atoms. The van der Waals surface area contributed by atoms with Gasteiger partial charge < -0.3 is 8.98 Å². The van der Waals surface area contributed by atoms with E-state index < -0.39 is 10.8 Å². The van der Waals surface area contributed by atoms with Crippen LogP contribution in [0.2, 0.25) is 0 Å². The molecule has 0 radical (unpaired) electrons. The Hall–Kier alpha value is -3.20. The molecule has 0 aliphatic heterocycles. The molecule has 0 bridgehead atoms. The maximum Gasteiger partial charge on any atom is 0.307 e. The molecule has 2 heterocycles. The minimum absolute atomic E-state index is 0.0345. The number of carbonyl (C=O) groups is 1. The molecule has 0 fully saturated rings. The molecule has 1 amide bonds. The number of nitro groups is 1. The molecule has 0 unspecified atom stereocenters. The normalized spacial score (nSPS) is 11.5. The number of nitro benzene ring substituents is 1. The van der Waals surface area contributed by atoms with Gasteiger partial charge in [-0.1, -0.05) is 0 Å². The van der Waals surface area contributed by atoms with E-state index in [0.717, 1.165) is 11.3 Å². The lowest BCUT2D eigenvalue weighted by Gasteiger charge is -2.02. The van der Waals surface area contributed by atoms with Crippen LogP contribution < -0.4 is 10.2 Å². The largest absolute Gasteiger partial charge is 0.459 e. The fourth-order valence-corrected chi connectivity index (χ4v) is 2.91. The Bertz CT molecular complexity index is 939. The number of rotatable bonds is 4. The molecule has 3 aromatic rings. The number of thiazole rings is 1. The summed E-state index contributed by atoms with van der Waals surface area (Å²) in [6.45, 7) is 0. The number of furan rings is 1. The van der Waals surface area contributed by atoms with Crippen LogP contribution in [0, 0.1) is 10.1 Å². The van der Waals surface area contributed by atoms with E-state index in [4.69, 9.17) is 4.42 Å². The molecule has 8 nitrogen and oxygen atoms in total. The van der Waals surface area contributed by atoms with E-state index in [1.165, 1.54) is 29.7 Å². The first-order chi connectivity index (χ1) is 11.6. The van der Waals surface area contributed by atoms with Gasteiger partial charge in [0.2, 0.25) is 4.80 Å². The third-order valence-electron chi connectivity index (χ3n) is 3.30. The predicted octanol–water partition coefficient (Wildman–Crippen LogP) is 2.50. The SMILES string of the molecule is Cn1c(-c2ccc([N+](=O)[O-])cc2)cs/c1=N\NC(=O)c1ccco1. The van der Waals surface area contributed by atoms with E-state index in [-0.39, 0.29) is 11.4 Å². The molecular formula is C15H12N4O4S. The van der Waals surface area contributed by atoms with E-state index in [2.05, 4.69) is 10.5 Å². The Labute approximate surface area is 139 Å². The quantitative estimate of drug-likeness (QED) is 0.580. The Balaban J connectivity index is 1.84. The number of nitrogens with one attached hydrogen (secondary N) is 1. The van der Waals surface area contributed by atoms with Gasteiger partial charge >= 0.3 is 5.91 Å². The average Bonchev–Trinajstić information content (AvgIpc) is 3.23. The van der Waals surface area contributed by atoms with Crippen molar-refractivity contribution in [3.63, 3.8) is 0 Å². The maximum atomic E-state index is 11.8. The summed E-state index contributed by atoms with van der Waals surface area (Å²) in [5.74, 6) is -0.265. The van der Waals surface area contributed by atoms with Crippen molar-refractivity contribution in [2.75, 3.05) is 0 Å². The summed E-state index contributed by atoms with van der Waals surface area (Å²) < 4.78 is 6.77. The minimum Gasteiger partial charge on any atom is -0.459 e. The zero-order valence-corrected chi connectivity index (χ0v) is 13.3. The van der Waals surface area contributed by atoms with Crippen LogP contribution in [0.5, 0.6) is 0 Å². The number of amides is 1. The molecule has 24 heavy (non-hydrogen) atoms. The topological polar surface area (TPSA) is 103 Å². The zero-order chi connectivity index (χ0) is 17.1. The molecule has 0 saturated heterocycles. The average molecular weight is 344 g/mol. The molecule has 0 atom stereocenters. The van der Waals surface area contributed by atoms with Crippen molar-refractivity contribution in [1.82, 2.24) is 9.99 Å². The first kappa shape index (κ1) is 15.7. The predicted molar refractivity (Wildman–Crippen MR) is 87.1 cm³/mol. The molecule has 0 saturated carbocycles. The minimum atomic E-state index is -0.442. The summed E-state index contributed by atoms with van der Waals surface area (Å²) in [4.78, 5) is 22.6. The molecule has 2 aromatic heterocycles. The van der Waals surface area contributed by atoms with Gasteiger partial charge in [-0.3, -0.25) is 14.9 Å². The van der Waals surface area contributed by atoms with E-state index in [1.54, 1.807) is 35.9 Å². The van der Waals surface area contributed by atoms with Gasteiger partial charge in [0.1, 0.15) is 0 Å². The van der Waals surface area contributed by atoms with Crippen molar-refractivity contribution in [3.8, 4) is 11.3 Å². The van der Waals surface area contributed by atoms with Crippen LogP contribution in [-0.4, -0.2) is 15.4 Å². The standard InChI is InChI=1S/C15H12N4O4S/c1-18-12(10-4-6-11(7-5-10)19(21)22)9-24-15(18)17-16-14(20)13-3-2-8-23-13/h2-9H,1H3,(H,16,20)/b17-15-. The van der Waals surface area contributed by atoms with Crippen molar-refractivity contribution in [1.29, 1.82) is 0 Å². The fourth-order valence-electron chi connectivity index (χ4n) is 2.05. The highest BCUT2D eigenvalue weighted by atomic mass is 32.1. The second-order valence-electron chi connectivity index (χ2n) is 4.80. The van der Waals surface area contributed by atoms with Crippen molar-refractivity contribution >= 4 is 22.9 Å². The van der Waals surface area contributed by atoms with Crippen molar-refractivity contribution in [3.05, 3.63) is 68.7 Å². The van der Waals surface area contributed by atoms with Gasteiger partial charge in [0.25, 0.3) is 5.69 Å². The summed E-state index contributed by atoms with van der Waals surface area (Å²) >= 11 is 1.34. The summed E-state index contributed by atoms with van der Waals surface area (Å²) in [7, 11) is 1.80. The lowest BCUT2D eigenvalue weighted by Crippen LogP contribution is -2.23. The number of hydrogen-bond donors (Lipinski definition) is 1. The van der Waals surface area contributed by atoms with Gasteiger partial charge in [-0.2, -0.15) is 0 Å². The highest BCUT2D eigenvalue weighted by Crippen LogP contribution is 2.22. The van der Waals surface area contributed by atoms with Gasteiger partial charge in [0.15, 0.2) is 5.76 Å². The molecule has 0 aliphatic rings. The van der Waals surface area contributed by atoms with E-state index in [0.29, 0.717) is 4.80 Å². The Morgan fingerprint density at radius 1 is 1.33 bits per heavy atom. The second kappa shape index (κ2) is 6.50. The van der Waals surface area contributed by atoms with Gasteiger partial charge in [0.05, 0.1) is 16.9 Å². The van der Waals surface area contributed by atoms with Crippen LogP contribution in [0.1, 0.15) is 10.6 Å². The molecular weight excluding hydrogens is 332 g/mol. The van der Waals surface area contributed by atoms with Crippen molar-refractivity contribution < 1.29 is 14.1 Å². The Kier molecular flexibility index (Phi) is 4.25. The smallest absolute Gasteiger partial charge is 0.307 e. The van der Waals surface area contributed by atoms with Crippen LogP contribution in [0.25, 0.3) is 11.3 Å². The number of aromatic nitrogens is 1. The molecule has 9 heteroatoms. The van der Waals surface area contributed by atoms with Crippen LogP contribution in [0.3, 0.4) is 0 Å². The van der Waals surface area contributed by atoms with Gasteiger partial charge in [-0.25, -0.2) is 5.43 Å². The molecule has 1 aromatic carbocycles. The highest BCUT2D eigenvalue weighted by Gasteiger charge is 2.10. The second-order valence-corrected chi connectivity index (χ2v) is 5.63. The van der Waals surface area contributed by atoms with Crippen LogP contribution in [0.15, 0.2) is 57.6 Å². The third-order valence-corrected chi connectivity index (χ3v) is 4.21. The monoisotopic (exact) mass is 344 g/mol.